The van der Waals surface area contributed by atoms with E-state index in [1.807, 2.05) is 12.1 Å². The van der Waals surface area contributed by atoms with Crippen molar-refractivity contribution >= 4 is 23.6 Å². The Morgan fingerprint density at radius 2 is 1.85 bits per heavy atom. The van der Waals surface area contributed by atoms with Gasteiger partial charge in [-0.25, -0.2) is 4.79 Å². The molecular weight excluding hydrogens is 280 g/mol. The van der Waals surface area contributed by atoms with Crippen molar-refractivity contribution in [3.05, 3.63) is 34.9 Å². The van der Waals surface area contributed by atoms with E-state index < -0.39 is 11.5 Å². The summed E-state index contributed by atoms with van der Waals surface area (Å²) >= 11 is 5.80. The first-order chi connectivity index (χ1) is 9.19. The van der Waals surface area contributed by atoms with Gasteiger partial charge in [0.1, 0.15) is 0 Å². The molecular formula is C14H19ClN2O3. The van der Waals surface area contributed by atoms with E-state index in [-0.39, 0.29) is 12.5 Å². The smallest absolute Gasteiger partial charge is 0.317 e. The molecule has 0 spiro atoms. The van der Waals surface area contributed by atoms with Crippen molar-refractivity contribution < 1.29 is 14.7 Å². The van der Waals surface area contributed by atoms with Crippen molar-refractivity contribution in [1.82, 2.24) is 10.2 Å². The zero-order valence-electron chi connectivity index (χ0n) is 11.8. The third-order valence-corrected chi connectivity index (χ3v) is 2.97. The highest BCUT2D eigenvalue weighted by atomic mass is 35.5. The summed E-state index contributed by atoms with van der Waals surface area (Å²) in [5.74, 6) is -0.948. The zero-order valence-corrected chi connectivity index (χ0v) is 12.6. The van der Waals surface area contributed by atoms with E-state index in [1.165, 1.54) is 4.90 Å². The van der Waals surface area contributed by atoms with Crippen LogP contribution in [-0.4, -0.2) is 34.6 Å². The number of amides is 2. The van der Waals surface area contributed by atoms with Crippen LogP contribution in [0.3, 0.4) is 0 Å². The number of benzene rings is 1. The molecule has 0 heterocycles. The summed E-state index contributed by atoms with van der Waals surface area (Å²) in [6.45, 7) is 3.77. The van der Waals surface area contributed by atoms with Gasteiger partial charge in [0.25, 0.3) is 0 Å². The molecule has 110 valence electrons. The summed E-state index contributed by atoms with van der Waals surface area (Å²) in [5, 5.41) is 12.1. The summed E-state index contributed by atoms with van der Waals surface area (Å²) in [5.41, 5.74) is 0.153. The van der Waals surface area contributed by atoms with Crippen molar-refractivity contribution in [2.24, 2.45) is 0 Å². The molecule has 0 aliphatic carbocycles. The molecule has 2 N–H and O–H groups in total. The Hall–Kier alpha value is -1.75. The fourth-order valence-electron chi connectivity index (χ4n) is 1.74. The van der Waals surface area contributed by atoms with E-state index in [9.17, 15) is 9.59 Å². The van der Waals surface area contributed by atoms with Gasteiger partial charge >= 0.3 is 12.0 Å². The number of urea groups is 1. The maximum Gasteiger partial charge on any atom is 0.317 e. The Kier molecular flexibility index (Phi) is 5.39. The average Bonchev–Trinajstić information content (AvgIpc) is 2.29. The molecule has 0 atom stereocenters. The average molecular weight is 299 g/mol. The largest absolute Gasteiger partial charge is 0.481 e. The highest BCUT2D eigenvalue weighted by molar-refractivity contribution is 6.30. The third kappa shape index (κ3) is 5.48. The molecule has 1 rings (SSSR count). The van der Waals surface area contributed by atoms with Crippen LogP contribution in [0.5, 0.6) is 0 Å². The molecule has 20 heavy (non-hydrogen) atoms. The maximum atomic E-state index is 12.0. The fraction of sp³-hybridized carbons (Fsp3) is 0.429. The lowest BCUT2D eigenvalue weighted by Crippen LogP contribution is -2.49. The summed E-state index contributed by atoms with van der Waals surface area (Å²) in [7, 11) is 1.65. The van der Waals surface area contributed by atoms with Crippen LogP contribution in [0.2, 0.25) is 5.02 Å². The van der Waals surface area contributed by atoms with Crippen LogP contribution in [0.4, 0.5) is 4.79 Å². The van der Waals surface area contributed by atoms with Crippen LogP contribution in [0.15, 0.2) is 24.3 Å². The monoisotopic (exact) mass is 298 g/mol. The van der Waals surface area contributed by atoms with Gasteiger partial charge in [0.05, 0.1) is 6.42 Å². The number of hydrogen-bond donors (Lipinski definition) is 2. The molecule has 0 aliphatic rings. The number of carbonyl (C=O) groups excluding carboxylic acids is 1. The molecule has 0 fully saturated rings. The van der Waals surface area contributed by atoms with Crippen LogP contribution in [0.25, 0.3) is 0 Å². The van der Waals surface area contributed by atoms with Crippen LogP contribution >= 0.6 is 11.6 Å². The molecule has 0 unspecified atom stereocenters. The van der Waals surface area contributed by atoms with E-state index in [0.717, 1.165) is 5.56 Å². The molecule has 5 nitrogen and oxygen atoms in total. The molecule has 0 saturated carbocycles. The van der Waals surface area contributed by atoms with Gasteiger partial charge in [-0.2, -0.15) is 0 Å². The predicted molar refractivity (Wildman–Crippen MR) is 77.8 cm³/mol. The standard InChI is InChI=1S/C14H19ClN2O3/c1-14(2,8-12(18)19)16-13(20)17(3)9-10-4-6-11(15)7-5-10/h4-7H,8-9H2,1-3H3,(H,16,20)(H,18,19). The van der Waals surface area contributed by atoms with Crippen LogP contribution < -0.4 is 5.32 Å². The van der Waals surface area contributed by atoms with Gasteiger partial charge in [-0.15, -0.1) is 0 Å². The number of nitrogens with zero attached hydrogens (tertiary/aromatic N) is 1. The first kappa shape index (κ1) is 16.3. The number of carbonyl (C=O) groups is 2. The highest BCUT2D eigenvalue weighted by Crippen LogP contribution is 2.12. The van der Waals surface area contributed by atoms with E-state index in [4.69, 9.17) is 16.7 Å². The number of carboxylic acids is 1. The van der Waals surface area contributed by atoms with Gasteiger partial charge in [0.15, 0.2) is 0 Å². The number of carboxylic acid groups (broad SMARTS) is 1. The van der Waals surface area contributed by atoms with E-state index in [2.05, 4.69) is 5.32 Å². The van der Waals surface area contributed by atoms with Crippen LogP contribution in [-0.2, 0) is 11.3 Å². The first-order valence-electron chi connectivity index (χ1n) is 6.19. The van der Waals surface area contributed by atoms with E-state index >= 15 is 0 Å². The quantitative estimate of drug-likeness (QED) is 0.878. The van der Waals surface area contributed by atoms with Gasteiger partial charge in [-0.1, -0.05) is 23.7 Å². The van der Waals surface area contributed by atoms with Crippen molar-refractivity contribution in [2.45, 2.75) is 32.4 Å². The highest BCUT2D eigenvalue weighted by Gasteiger charge is 2.25. The van der Waals surface area contributed by atoms with Crippen molar-refractivity contribution in [1.29, 1.82) is 0 Å². The third-order valence-electron chi connectivity index (χ3n) is 2.72. The SMILES string of the molecule is CN(Cc1ccc(Cl)cc1)C(=O)NC(C)(C)CC(=O)O. The second kappa shape index (κ2) is 6.61. The summed E-state index contributed by atoms with van der Waals surface area (Å²) in [6, 6.07) is 6.89. The lowest BCUT2D eigenvalue weighted by Gasteiger charge is -2.28. The minimum absolute atomic E-state index is 0.131. The number of halogens is 1. The molecule has 6 heteroatoms. The molecule has 1 aromatic rings. The Labute approximate surface area is 123 Å². The summed E-state index contributed by atoms with van der Waals surface area (Å²) in [6.07, 6.45) is -0.131. The lowest BCUT2D eigenvalue weighted by atomic mass is 10.0. The summed E-state index contributed by atoms with van der Waals surface area (Å²) in [4.78, 5) is 24.2. The Morgan fingerprint density at radius 3 is 2.35 bits per heavy atom. The molecule has 0 aromatic heterocycles. The Morgan fingerprint density at radius 1 is 1.30 bits per heavy atom. The molecule has 2 amide bonds. The molecule has 0 bridgehead atoms. The van der Waals surface area contributed by atoms with Crippen LogP contribution in [0, 0.1) is 0 Å². The fourth-order valence-corrected chi connectivity index (χ4v) is 1.87. The van der Waals surface area contributed by atoms with Crippen molar-refractivity contribution in [2.75, 3.05) is 7.05 Å². The Bertz CT molecular complexity index is 486. The maximum absolute atomic E-state index is 12.0. The molecule has 0 radical (unpaired) electrons. The topological polar surface area (TPSA) is 69.6 Å². The molecule has 0 saturated heterocycles. The molecule has 1 aromatic carbocycles. The van der Waals surface area contributed by atoms with E-state index in [0.29, 0.717) is 11.6 Å². The minimum atomic E-state index is -0.948. The second-order valence-electron chi connectivity index (χ2n) is 5.37. The second-order valence-corrected chi connectivity index (χ2v) is 5.80. The number of nitrogens with one attached hydrogen (secondary N) is 1. The normalized spacial score (nSPS) is 11.0. The van der Waals surface area contributed by atoms with Gasteiger partial charge in [-0.05, 0) is 31.5 Å². The number of aliphatic carboxylic acids is 1. The van der Waals surface area contributed by atoms with Crippen molar-refractivity contribution in [3.63, 3.8) is 0 Å². The van der Waals surface area contributed by atoms with E-state index in [1.54, 1.807) is 33.0 Å². The van der Waals surface area contributed by atoms with Gasteiger partial charge in [0, 0.05) is 24.2 Å². The van der Waals surface area contributed by atoms with Crippen molar-refractivity contribution in [3.8, 4) is 0 Å². The minimum Gasteiger partial charge on any atom is -0.481 e. The number of hydrogen-bond acceptors (Lipinski definition) is 2. The predicted octanol–water partition coefficient (Wildman–Crippen LogP) is 2.73. The van der Waals surface area contributed by atoms with Gasteiger partial charge in [-0.3, -0.25) is 4.79 Å². The number of rotatable bonds is 5. The molecule has 0 aliphatic heterocycles. The lowest BCUT2D eigenvalue weighted by molar-refractivity contribution is -0.138. The summed E-state index contributed by atoms with van der Waals surface area (Å²) < 4.78 is 0. The van der Waals surface area contributed by atoms with Crippen LogP contribution in [0.1, 0.15) is 25.8 Å². The first-order valence-corrected chi connectivity index (χ1v) is 6.57. The zero-order chi connectivity index (χ0) is 15.3. The Balaban J connectivity index is 2.58. The van der Waals surface area contributed by atoms with Gasteiger partial charge < -0.3 is 15.3 Å². The van der Waals surface area contributed by atoms with Gasteiger partial charge in [0.2, 0.25) is 0 Å².